The van der Waals surface area contributed by atoms with Gasteiger partial charge in [-0.25, -0.2) is 4.79 Å². The Morgan fingerprint density at radius 3 is 1.35 bits per heavy atom. The Morgan fingerprint density at radius 1 is 0.800 bits per heavy atom. The Balaban J connectivity index is 0. The summed E-state index contributed by atoms with van der Waals surface area (Å²) >= 11 is 0. The molecule has 0 aromatic heterocycles. The smallest absolute Gasteiger partial charge is 0.328 e. The van der Waals surface area contributed by atoms with Crippen molar-refractivity contribution < 1.29 is 45.0 Å². The van der Waals surface area contributed by atoms with Gasteiger partial charge in [0.05, 0.1) is 38.1 Å². The van der Waals surface area contributed by atoms with E-state index in [0.29, 0.717) is 0 Å². The van der Waals surface area contributed by atoms with Crippen molar-refractivity contribution in [1.29, 1.82) is 0 Å². The van der Waals surface area contributed by atoms with E-state index in [4.69, 9.17) is 30.6 Å². The summed E-state index contributed by atoms with van der Waals surface area (Å²) in [5.41, 5.74) is -1.24. The Hall–Kier alpha value is -1.97. The summed E-state index contributed by atoms with van der Waals surface area (Å²) in [6.07, 6.45) is 1.27. The van der Waals surface area contributed by atoms with Crippen LogP contribution in [0.4, 0.5) is 0 Å². The highest BCUT2D eigenvalue weighted by Gasteiger charge is 2.24. The van der Waals surface area contributed by atoms with Crippen LogP contribution in [-0.4, -0.2) is 68.4 Å². The van der Waals surface area contributed by atoms with E-state index in [2.05, 4.69) is 0 Å². The van der Waals surface area contributed by atoms with Gasteiger partial charge in [-0.1, -0.05) is 6.08 Å². The van der Waals surface area contributed by atoms with Crippen molar-refractivity contribution in [2.45, 2.75) is 12.8 Å². The van der Waals surface area contributed by atoms with Gasteiger partial charge in [-0.15, -0.1) is 0 Å². The highest BCUT2D eigenvalue weighted by molar-refractivity contribution is 5.79. The van der Waals surface area contributed by atoms with Crippen LogP contribution in [0.15, 0.2) is 12.2 Å². The number of carbonyl (C=O) groups is 3. The van der Waals surface area contributed by atoms with Crippen LogP contribution in [-0.2, 0) is 14.4 Å². The number of rotatable bonds is 8. The van der Waals surface area contributed by atoms with Crippen molar-refractivity contribution in [3.63, 3.8) is 0 Å². The van der Waals surface area contributed by atoms with Gasteiger partial charge in [0.2, 0.25) is 0 Å². The molecule has 0 aliphatic carbocycles. The summed E-state index contributed by atoms with van der Waals surface area (Å²) in [6, 6.07) is 0. The second-order valence-corrected chi connectivity index (χ2v) is 3.80. The molecular formula is C11H18O9. The largest absolute Gasteiger partial charge is 0.481 e. The lowest BCUT2D eigenvalue weighted by molar-refractivity contribution is -0.143. The second kappa shape index (κ2) is 10.9. The zero-order chi connectivity index (χ0) is 16.2. The van der Waals surface area contributed by atoms with Crippen LogP contribution in [0.5, 0.6) is 0 Å². The minimum absolute atomic E-state index is 0.296. The lowest BCUT2D eigenvalue weighted by atomic mass is 9.91. The van der Waals surface area contributed by atoms with E-state index in [1.807, 2.05) is 0 Å². The Morgan fingerprint density at radius 2 is 1.15 bits per heavy atom. The molecule has 0 fully saturated rings. The summed E-state index contributed by atoms with van der Waals surface area (Å²) in [7, 11) is 0. The van der Waals surface area contributed by atoms with Gasteiger partial charge in [-0.05, 0) is 0 Å². The van der Waals surface area contributed by atoms with E-state index in [1.54, 1.807) is 0 Å². The monoisotopic (exact) mass is 294 g/mol. The Labute approximate surface area is 114 Å². The lowest BCUT2D eigenvalue weighted by Gasteiger charge is -2.22. The maximum absolute atomic E-state index is 10.1. The molecule has 0 amide bonds. The average Bonchev–Trinajstić information content (AvgIpc) is 2.39. The van der Waals surface area contributed by atoms with Crippen LogP contribution in [0.25, 0.3) is 0 Å². The standard InChI is InChI=1S/C7H12O5.C4H6O4/c8-3-7(4-9,5-10)2-1-6(11)12;5-3(6)1-2-4(7)8/h1-2,8-10H,3-5H2,(H,11,12);1-2H2,(H,5,6)(H,7,8). The van der Waals surface area contributed by atoms with E-state index in [1.165, 1.54) is 0 Å². The van der Waals surface area contributed by atoms with Crippen LogP contribution in [0.1, 0.15) is 12.8 Å². The number of aliphatic hydroxyl groups excluding tert-OH is 3. The SMILES string of the molecule is O=C(O)C=CC(CO)(CO)CO.O=C(O)CCC(=O)O. The zero-order valence-corrected chi connectivity index (χ0v) is 10.6. The predicted octanol–water partition coefficient (Wildman–Crippen LogP) is -1.47. The summed E-state index contributed by atoms with van der Waals surface area (Å²) in [5, 5.41) is 50.2. The molecule has 0 heterocycles. The molecule has 0 bridgehead atoms. The van der Waals surface area contributed by atoms with Gasteiger partial charge >= 0.3 is 17.9 Å². The highest BCUT2D eigenvalue weighted by atomic mass is 16.4. The molecule has 0 saturated carbocycles. The third-order valence-corrected chi connectivity index (χ3v) is 2.08. The predicted molar refractivity (Wildman–Crippen MR) is 65.0 cm³/mol. The van der Waals surface area contributed by atoms with Crippen molar-refractivity contribution in [3.8, 4) is 0 Å². The maximum atomic E-state index is 10.1. The normalized spacial score (nSPS) is 10.8. The summed E-state index contributed by atoms with van der Waals surface area (Å²) in [4.78, 5) is 29.3. The molecule has 116 valence electrons. The Bertz CT molecular complexity index is 322. The maximum Gasteiger partial charge on any atom is 0.328 e. The third kappa shape index (κ3) is 11.1. The highest BCUT2D eigenvalue weighted by Crippen LogP contribution is 2.16. The van der Waals surface area contributed by atoms with Crippen LogP contribution < -0.4 is 0 Å². The van der Waals surface area contributed by atoms with Crippen LogP contribution in [0, 0.1) is 5.41 Å². The van der Waals surface area contributed by atoms with Gasteiger partial charge in [0.15, 0.2) is 0 Å². The number of carboxylic acid groups (broad SMARTS) is 3. The van der Waals surface area contributed by atoms with E-state index in [9.17, 15) is 14.4 Å². The first-order chi connectivity index (χ1) is 9.22. The molecule has 0 radical (unpaired) electrons. The number of hydrogen-bond donors (Lipinski definition) is 6. The molecule has 0 aliphatic heterocycles. The molecule has 0 unspecified atom stereocenters. The molecule has 0 aliphatic rings. The quantitative estimate of drug-likeness (QED) is 0.292. The summed E-state index contributed by atoms with van der Waals surface area (Å²) in [6.45, 7) is -1.49. The molecule has 0 aromatic carbocycles. The molecule has 20 heavy (non-hydrogen) atoms. The first-order valence-corrected chi connectivity index (χ1v) is 5.41. The summed E-state index contributed by atoms with van der Waals surface area (Å²) in [5.74, 6) is -3.34. The fourth-order valence-electron chi connectivity index (χ4n) is 0.770. The van der Waals surface area contributed by atoms with Crippen molar-refractivity contribution in [2.75, 3.05) is 19.8 Å². The van der Waals surface area contributed by atoms with Gasteiger partial charge in [0.25, 0.3) is 0 Å². The molecule has 9 heteroatoms. The number of aliphatic carboxylic acids is 3. The molecule has 0 spiro atoms. The first-order valence-electron chi connectivity index (χ1n) is 5.41. The van der Waals surface area contributed by atoms with E-state index < -0.39 is 43.1 Å². The molecule has 0 rings (SSSR count). The zero-order valence-electron chi connectivity index (χ0n) is 10.6. The van der Waals surface area contributed by atoms with Crippen LogP contribution >= 0.6 is 0 Å². The fourth-order valence-corrected chi connectivity index (χ4v) is 0.770. The molecule has 9 nitrogen and oxygen atoms in total. The number of aliphatic hydroxyl groups is 3. The van der Waals surface area contributed by atoms with E-state index in [0.717, 1.165) is 12.2 Å². The summed E-state index contributed by atoms with van der Waals surface area (Å²) < 4.78 is 0. The van der Waals surface area contributed by atoms with Crippen LogP contribution in [0.2, 0.25) is 0 Å². The van der Waals surface area contributed by atoms with E-state index >= 15 is 0 Å². The second-order valence-electron chi connectivity index (χ2n) is 3.80. The number of carboxylic acids is 3. The third-order valence-electron chi connectivity index (χ3n) is 2.08. The molecular weight excluding hydrogens is 276 g/mol. The van der Waals surface area contributed by atoms with Crippen molar-refractivity contribution >= 4 is 17.9 Å². The minimum atomic E-state index is -1.24. The van der Waals surface area contributed by atoms with E-state index in [-0.39, 0.29) is 12.8 Å². The molecule has 6 N–H and O–H groups in total. The van der Waals surface area contributed by atoms with Crippen molar-refractivity contribution in [2.24, 2.45) is 5.41 Å². The minimum Gasteiger partial charge on any atom is -0.481 e. The van der Waals surface area contributed by atoms with Gasteiger partial charge in [-0.2, -0.15) is 0 Å². The average molecular weight is 294 g/mol. The Kier molecular flexibility index (Phi) is 11.1. The molecule has 0 aromatic rings. The lowest BCUT2D eigenvalue weighted by Crippen LogP contribution is -2.31. The topological polar surface area (TPSA) is 173 Å². The number of hydrogen-bond acceptors (Lipinski definition) is 6. The van der Waals surface area contributed by atoms with Gasteiger partial charge in [0, 0.05) is 6.08 Å². The van der Waals surface area contributed by atoms with Gasteiger partial charge in [0.1, 0.15) is 0 Å². The van der Waals surface area contributed by atoms with Crippen molar-refractivity contribution in [1.82, 2.24) is 0 Å². The molecule has 0 atom stereocenters. The van der Waals surface area contributed by atoms with Crippen molar-refractivity contribution in [3.05, 3.63) is 12.2 Å². The fraction of sp³-hybridized carbons (Fsp3) is 0.545. The van der Waals surface area contributed by atoms with Gasteiger partial charge in [-0.3, -0.25) is 9.59 Å². The molecule has 0 saturated heterocycles. The van der Waals surface area contributed by atoms with Gasteiger partial charge < -0.3 is 30.6 Å². The first kappa shape index (κ1) is 20.3. The van der Waals surface area contributed by atoms with Crippen LogP contribution in [0.3, 0.4) is 0 Å².